The van der Waals surface area contributed by atoms with Crippen LogP contribution in [0.2, 0.25) is 0 Å². The molecule has 0 amide bonds. The fourth-order valence-electron chi connectivity index (χ4n) is 1.30. The van der Waals surface area contributed by atoms with Crippen LogP contribution in [-0.2, 0) is 0 Å². The molecule has 0 atom stereocenters. The predicted octanol–water partition coefficient (Wildman–Crippen LogP) is 2.34. The summed E-state index contributed by atoms with van der Waals surface area (Å²) in [6.45, 7) is 3.89. The lowest BCUT2D eigenvalue weighted by Crippen LogP contribution is -1.95. The molecule has 0 aliphatic carbocycles. The number of ether oxygens (including phenoxy) is 1. The Kier molecular flexibility index (Phi) is 3.12. The number of hydrogen-bond donors (Lipinski definition) is 1. The van der Waals surface area contributed by atoms with E-state index in [2.05, 4.69) is 0 Å². The van der Waals surface area contributed by atoms with Crippen LogP contribution in [0.25, 0.3) is 0 Å². The number of aromatic hydroxyl groups is 1. The molecule has 1 rings (SSSR count). The standard InChI is InChI=1S/C11H14O3/c1-7(2)10-5-9(14-3)4-8(6-12)11(10)13/h4-7,13H,1-3H3. The third kappa shape index (κ3) is 1.87. The molecule has 76 valence electrons. The Morgan fingerprint density at radius 3 is 2.50 bits per heavy atom. The Morgan fingerprint density at radius 1 is 1.43 bits per heavy atom. The van der Waals surface area contributed by atoms with Gasteiger partial charge in [0.2, 0.25) is 0 Å². The van der Waals surface area contributed by atoms with Crippen molar-refractivity contribution in [1.82, 2.24) is 0 Å². The summed E-state index contributed by atoms with van der Waals surface area (Å²) in [4.78, 5) is 10.7. The van der Waals surface area contributed by atoms with Crippen LogP contribution < -0.4 is 4.74 Å². The molecule has 0 spiro atoms. The number of phenolic OH excluding ortho intramolecular Hbond substituents is 1. The van der Waals surface area contributed by atoms with Gasteiger partial charge in [-0.25, -0.2) is 0 Å². The summed E-state index contributed by atoms with van der Waals surface area (Å²) < 4.78 is 5.03. The molecule has 0 radical (unpaired) electrons. The molecular formula is C11H14O3. The molecule has 1 aromatic rings. The van der Waals surface area contributed by atoms with Gasteiger partial charge < -0.3 is 9.84 Å². The molecule has 14 heavy (non-hydrogen) atoms. The lowest BCUT2D eigenvalue weighted by molar-refractivity contribution is 0.112. The Bertz CT molecular complexity index is 343. The van der Waals surface area contributed by atoms with Crippen molar-refractivity contribution in [2.75, 3.05) is 7.11 Å². The molecule has 0 bridgehead atoms. The molecule has 0 aliphatic rings. The number of aldehydes is 1. The molecule has 0 aliphatic heterocycles. The van der Waals surface area contributed by atoms with E-state index in [-0.39, 0.29) is 17.2 Å². The van der Waals surface area contributed by atoms with Gasteiger partial charge in [-0.1, -0.05) is 13.8 Å². The molecule has 0 saturated heterocycles. The summed E-state index contributed by atoms with van der Waals surface area (Å²) >= 11 is 0. The van der Waals surface area contributed by atoms with Gasteiger partial charge in [0, 0.05) is 5.56 Å². The second-order valence-electron chi connectivity index (χ2n) is 3.43. The summed E-state index contributed by atoms with van der Waals surface area (Å²) in [7, 11) is 1.53. The highest BCUT2D eigenvalue weighted by Crippen LogP contribution is 2.32. The van der Waals surface area contributed by atoms with Crippen LogP contribution in [0.4, 0.5) is 0 Å². The second-order valence-corrected chi connectivity index (χ2v) is 3.43. The maximum absolute atomic E-state index is 10.7. The number of methoxy groups -OCH3 is 1. The number of benzene rings is 1. The highest BCUT2D eigenvalue weighted by molar-refractivity contribution is 5.81. The lowest BCUT2D eigenvalue weighted by Gasteiger charge is -2.11. The second kappa shape index (κ2) is 4.13. The highest BCUT2D eigenvalue weighted by atomic mass is 16.5. The number of rotatable bonds is 3. The first kappa shape index (κ1) is 10.6. The first-order chi connectivity index (χ1) is 6.60. The minimum atomic E-state index is 0.0517. The van der Waals surface area contributed by atoms with Gasteiger partial charge in [0.1, 0.15) is 11.5 Å². The third-order valence-electron chi connectivity index (χ3n) is 2.13. The summed E-state index contributed by atoms with van der Waals surface area (Å²) in [6.07, 6.45) is 0.629. The molecule has 1 N–H and O–H groups in total. The van der Waals surface area contributed by atoms with Gasteiger partial charge in [0.05, 0.1) is 12.7 Å². The van der Waals surface area contributed by atoms with E-state index < -0.39 is 0 Å². The Labute approximate surface area is 83.3 Å². The van der Waals surface area contributed by atoms with E-state index in [1.54, 1.807) is 6.07 Å². The first-order valence-corrected chi connectivity index (χ1v) is 4.46. The molecule has 0 heterocycles. The fourth-order valence-corrected chi connectivity index (χ4v) is 1.30. The summed E-state index contributed by atoms with van der Waals surface area (Å²) in [5.41, 5.74) is 1.000. The zero-order valence-electron chi connectivity index (χ0n) is 8.57. The van der Waals surface area contributed by atoms with Crippen molar-refractivity contribution in [2.45, 2.75) is 19.8 Å². The van der Waals surface area contributed by atoms with Gasteiger partial charge in [0.15, 0.2) is 6.29 Å². The van der Waals surface area contributed by atoms with Gasteiger partial charge in [-0.3, -0.25) is 4.79 Å². The fraction of sp³-hybridized carbons (Fsp3) is 0.364. The average molecular weight is 194 g/mol. The quantitative estimate of drug-likeness (QED) is 0.751. The Balaban J connectivity index is 3.34. The van der Waals surface area contributed by atoms with Crippen molar-refractivity contribution in [3.8, 4) is 11.5 Å². The average Bonchev–Trinajstić information content (AvgIpc) is 2.17. The van der Waals surface area contributed by atoms with Gasteiger partial charge in [-0.05, 0) is 18.1 Å². The molecular weight excluding hydrogens is 180 g/mol. The molecule has 3 nitrogen and oxygen atoms in total. The smallest absolute Gasteiger partial charge is 0.153 e. The van der Waals surface area contributed by atoms with Crippen molar-refractivity contribution in [3.05, 3.63) is 23.3 Å². The predicted molar refractivity (Wildman–Crippen MR) is 54.1 cm³/mol. The van der Waals surface area contributed by atoms with Crippen LogP contribution in [0.1, 0.15) is 35.7 Å². The first-order valence-electron chi connectivity index (χ1n) is 4.46. The number of carbonyl (C=O) groups is 1. The van der Waals surface area contributed by atoms with Crippen LogP contribution in [0.15, 0.2) is 12.1 Å². The Morgan fingerprint density at radius 2 is 2.07 bits per heavy atom. The summed E-state index contributed by atoms with van der Waals surface area (Å²) in [6, 6.07) is 3.27. The zero-order chi connectivity index (χ0) is 10.7. The highest BCUT2D eigenvalue weighted by Gasteiger charge is 2.12. The molecule has 0 aromatic heterocycles. The molecule has 0 unspecified atom stereocenters. The number of phenols is 1. The molecule has 1 aromatic carbocycles. The van der Waals surface area contributed by atoms with Crippen LogP contribution in [-0.4, -0.2) is 18.5 Å². The number of hydrogen-bond acceptors (Lipinski definition) is 3. The lowest BCUT2D eigenvalue weighted by atomic mass is 9.99. The maximum atomic E-state index is 10.7. The van der Waals surface area contributed by atoms with Crippen LogP contribution >= 0.6 is 0 Å². The topological polar surface area (TPSA) is 46.5 Å². The van der Waals surface area contributed by atoms with E-state index >= 15 is 0 Å². The minimum absolute atomic E-state index is 0.0517. The molecule has 0 saturated carbocycles. The van der Waals surface area contributed by atoms with E-state index in [4.69, 9.17) is 4.74 Å². The van der Waals surface area contributed by atoms with E-state index in [9.17, 15) is 9.90 Å². The SMILES string of the molecule is COc1cc(C=O)c(O)c(C(C)C)c1. The van der Waals surface area contributed by atoms with Crippen molar-refractivity contribution in [3.63, 3.8) is 0 Å². The van der Waals surface area contributed by atoms with Crippen LogP contribution in [0.5, 0.6) is 11.5 Å². The van der Waals surface area contributed by atoms with Crippen molar-refractivity contribution < 1.29 is 14.6 Å². The van der Waals surface area contributed by atoms with Gasteiger partial charge in [0.25, 0.3) is 0 Å². The van der Waals surface area contributed by atoms with Gasteiger partial charge in [-0.15, -0.1) is 0 Å². The van der Waals surface area contributed by atoms with Crippen molar-refractivity contribution in [1.29, 1.82) is 0 Å². The van der Waals surface area contributed by atoms with Crippen LogP contribution in [0.3, 0.4) is 0 Å². The molecule has 3 heteroatoms. The van der Waals surface area contributed by atoms with E-state index in [1.165, 1.54) is 13.2 Å². The molecule has 0 fully saturated rings. The van der Waals surface area contributed by atoms with E-state index in [0.29, 0.717) is 12.0 Å². The van der Waals surface area contributed by atoms with E-state index in [1.807, 2.05) is 13.8 Å². The summed E-state index contributed by atoms with van der Waals surface area (Å²) in [5, 5.41) is 9.69. The van der Waals surface area contributed by atoms with Gasteiger partial charge >= 0.3 is 0 Å². The van der Waals surface area contributed by atoms with Crippen molar-refractivity contribution in [2.24, 2.45) is 0 Å². The summed E-state index contributed by atoms with van der Waals surface area (Å²) in [5.74, 6) is 0.799. The van der Waals surface area contributed by atoms with Crippen LogP contribution in [0, 0.1) is 0 Å². The largest absolute Gasteiger partial charge is 0.507 e. The third-order valence-corrected chi connectivity index (χ3v) is 2.13. The normalized spacial score (nSPS) is 10.3. The number of carbonyl (C=O) groups excluding carboxylic acids is 1. The Hall–Kier alpha value is -1.51. The van der Waals surface area contributed by atoms with E-state index in [0.717, 1.165) is 5.56 Å². The van der Waals surface area contributed by atoms with Gasteiger partial charge in [-0.2, -0.15) is 0 Å². The maximum Gasteiger partial charge on any atom is 0.153 e. The monoisotopic (exact) mass is 194 g/mol. The zero-order valence-corrected chi connectivity index (χ0v) is 8.57. The van der Waals surface area contributed by atoms with Crippen molar-refractivity contribution >= 4 is 6.29 Å². The minimum Gasteiger partial charge on any atom is -0.507 e.